The van der Waals surface area contributed by atoms with Gasteiger partial charge in [-0.05, 0) is 11.8 Å². The highest BCUT2D eigenvalue weighted by Crippen LogP contribution is 2.45. The number of rotatable bonds is 6. The fourth-order valence-corrected chi connectivity index (χ4v) is 4.43. The van der Waals surface area contributed by atoms with Crippen LogP contribution in [0.1, 0.15) is 27.7 Å². The zero-order valence-electron chi connectivity index (χ0n) is 12.3. The van der Waals surface area contributed by atoms with Crippen LogP contribution in [0.5, 0.6) is 0 Å². The lowest BCUT2D eigenvalue weighted by Gasteiger charge is -2.32. The van der Waals surface area contributed by atoms with E-state index in [0.717, 1.165) is 18.4 Å². The summed E-state index contributed by atoms with van der Waals surface area (Å²) in [5.41, 5.74) is 0. The van der Waals surface area contributed by atoms with Crippen molar-refractivity contribution in [2.24, 2.45) is 11.8 Å². The Bertz CT molecular complexity index is 390. The van der Waals surface area contributed by atoms with Gasteiger partial charge >= 0.3 is 0 Å². The highest BCUT2D eigenvalue weighted by molar-refractivity contribution is 7.68. The van der Waals surface area contributed by atoms with Crippen LogP contribution in [0.15, 0.2) is 30.3 Å². The lowest BCUT2D eigenvalue weighted by molar-refractivity contribution is 0.337. The molecule has 1 rings (SSSR count). The molecule has 0 amide bonds. The first-order chi connectivity index (χ1) is 8.34. The van der Waals surface area contributed by atoms with E-state index in [0.29, 0.717) is 11.8 Å². The molecule has 0 N–H and O–H groups in total. The zero-order chi connectivity index (χ0) is 13.8. The molecule has 1 aromatic carbocycles. The highest BCUT2D eigenvalue weighted by atomic mass is 31.2. The molecular formula is C15H26NOP. The van der Waals surface area contributed by atoms with Crippen LogP contribution in [0, 0.1) is 11.8 Å². The predicted molar refractivity (Wildman–Crippen MR) is 80.9 cm³/mol. The molecule has 0 spiro atoms. The fourth-order valence-electron chi connectivity index (χ4n) is 2.10. The van der Waals surface area contributed by atoms with Gasteiger partial charge in [0.2, 0.25) is 0 Å². The third kappa shape index (κ3) is 4.26. The van der Waals surface area contributed by atoms with E-state index in [-0.39, 0.29) is 0 Å². The molecule has 3 heteroatoms. The smallest absolute Gasteiger partial charge is 0.175 e. The van der Waals surface area contributed by atoms with Gasteiger partial charge in [0.15, 0.2) is 7.29 Å². The second-order valence-corrected chi connectivity index (χ2v) is 8.71. The summed E-state index contributed by atoms with van der Waals surface area (Å²) in [6, 6.07) is 9.87. The molecule has 0 aromatic heterocycles. The first-order valence-corrected chi connectivity index (χ1v) is 8.83. The highest BCUT2D eigenvalue weighted by Gasteiger charge is 2.27. The first-order valence-electron chi connectivity index (χ1n) is 6.72. The van der Waals surface area contributed by atoms with Crippen molar-refractivity contribution in [3.8, 4) is 0 Å². The lowest BCUT2D eigenvalue weighted by Crippen LogP contribution is -2.32. The van der Waals surface area contributed by atoms with E-state index in [1.165, 1.54) is 0 Å². The van der Waals surface area contributed by atoms with Gasteiger partial charge in [-0.3, -0.25) is 0 Å². The number of benzene rings is 1. The summed E-state index contributed by atoms with van der Waals surface area (Å²) in [5.74, 6) is 1.06. The third-order valence-corrected chi connectivity index (χ3v) is 5.59. The van der Waals surface area contributed by atoms with Crippen LogP contribution in [0.2, 0.25) is 0 Å². The van der Waals surface area contributed by atoms with Crippen molar-refractivity contribution in [2.75, 3.05) is 19.8 Å². The van der Waals surface area contributed by atoms with Gasteiger partial charge in [-0.2, -0.15) is 0 Å². The fraction of sp³-hybridized carbons (Fsp3) is 0.600. The topological polar surface area (TPSA) is 20.3 Å². The Kier molecular flexibility index (Phi) is 5.62. The average Bonchev–Trinajstić information content (AvgIpc) is 2.28. The Morgan fingerprint density at radius 2 is 1.44 bits per heavy atom. The van der Waals surface area contributed by atoms with Crippen molar-refractivity contribution in [3.63, 3.8) is 0 Å². The average molecular weight is 267 g/mol. The maximum Gasteiger partial charge on any atom is 0.175 e. The van der Waals surface area contributed by atoms with Crippen molar-refractivity contribution in [2.45, 2.75) is 27.7 Å². The summed E-state index contributed by atoms with van der Waals surface area (Å²) in [5, 5.41) is 0.964. The molecule has 0 saturated carbocycles. The second-order valence-electron chi connectivity index (χ2n) is 5.87. The predicted octanol–water partition coefficient (Wildman–Crippen LogP) is 3.83. The Labute approximate surface area is 112 Å². The minimum Gasteiger partial charge on any atom is -0.302 e. The monoisotopic (exact) mass is 267 g/mol. The van der Waals surface area contributed by atoms with E-state index in [1.54, 1.807) is 0 Å². The minimum absolute atomic E-state index is 0.528. The van der Waals surface area contributed by atoms with E-state index < -0.39 is 7.29 Å². The summed E-state index contributed by atoms with van der Waals surface area (Å²) >= 11 is 0. The molecule has 1 atom stereocenters. The third-order valence-electron chi connectivity index (χ3n) is 2.93. The zero-order valence-corrected chi connectivity index (χ0v) is 13.2. The molecule has 0 fully saturated rings. The molecule has 0 bridgehead atoms. The van der Waals surface area contributed by atoms with Gasteiger partial charge in [0.1, 0.15) is 0 Å². The molecule has 102 valence electrons. The van der Waals surface area contributed by atoms with E-state index in [4.69, 9.17) is 0 Å². The number of hydrogen-bond acceptors (Lipinski definition) is 1. The Morgan fingerprint density at radius 3 is 1.83 bits per heavy atom. The largest absolute Gasteiger partial charge is 0.302 e. The van der Waals surface area contributed by atoms with Gasteiger partial charge in [-0.25, -0.2) is 4.67 Å². The van der Waals surface area contributed by atoms with E-state index in [9.17, 15) is 4.57 Å². The molecule has 1 aromatic rings. The Hall–Kier alpha value is -0.590. The van der Waals surface area contributed by atoms with Crippen LogP contribution in [0.3, 0.4) is 0 Å². The maximum atomic E-state index is 13.1. The van der Waals surface area contributed by atoms with Crippen LogP contribution in [-0.4, -0.2) is 24.4 Å². The first kappa shape index (κ1) is 15.5. The summed E-state index contributed by atoms with van der Waals surface area (Å²) in [7, 11) is -2.43. The molecule has 0 aliphatic rings. The quantitative estimate of drug-likeness (QED) is 0.730. The summed E-state index contributed by atoms with van der Waals surface area (Å²) in [4.78, 5) is 0. The standard InChI is InChI=1S/C15H26NOP/c1-13(2)11-16(12-14(3)4)18(5,17)15-9-7-6-8-10-15/h6-10,13-14H,11-12H2,1-5H3. The molecule has 0 saturated heterocycles. The molecule has 0 heterocycles. The second kappa shape index (κ2) is 6.54. The van der Waals surface area contributed by atoms with Crippen LogP contribution in [-0.2, 0) is 4.57 Å². The van der Waals surface area contributed by atoms with Gasteiger partial charge in [-0.1, -0.05) is 58.0 Å². The van der Waals surface area contributed by atoms with Crippen molar-refractivity contribution < 1.29 is 4.57 Å². The van der Waals surface area contributed by atoms with E-state index in [1.807, 2.05) is 37.0 Å². The Morgan fingerprint density at radius 1 is 1.00 bits per heavy atom. The molecule has 18 heavy (non-hydrogen) atoms. The molecule has 1 unspecified atom stereocenters. The van der Waals surface area contributed by atoms with Crippen LogP contribution in [0.4, 0.5) is 0 Å². The lowest BCUT2D eigenvalue weighted by atomic mass is 10.2. The SMILES string of the molecule is CC(C)CN(CC(C)C)P(C)(=O)c1ccccc1. The van der Waals surface area contributed by atoms with Gasteiger partial charge in [-0.15, -0.1) is 0 Å². The Balaban J connectivity index is 2.99. The van der Waals surface area contributed by atoms with Crippen molar-refractivity contribution >= 4 is 12.6 Å². The molecular weight excluding hydrogens is 241 g/mol. The van der Waals surface area contributed by atoms with Gasteiger partial charge in [0.25, 0.3) is 0 Å². The maximum absolute atomic E-state index is 13.1. The molecule has 0 aliphatic heterocycles. The van der Waals surface area contributed by atoms with Gasteiger partial charge in [0.05, 0.1) is 0 Å². The number of nitrogens with zero attached hydrogens (tertiary/aromatic N) is 1. The van der Waals surface area contributed by atoms with Gasteiger partial charge < -0.3 is 4.57 Å². The summed E-state index contributed by atoms with van der Waals surface area (Å²) in [6.45, 7) is 12.4. The van der Waals surface area contributed by atoms with Crippen LogP contribution in [0.25, 0.3) is 0 Å². The molecule has 0 aliphatic carbocycles. The van der Waals surface area contributed by atoms with Crippen molar-refractivity contribution in [3.05, 3.63) is 30.3 Å². The van der Waals surface area contributed by atoms with Crippen molar-refractivity contribution in [1.29, 1.82) is 0 Å². The van der Waals surface area contributed by atoms with Crippen LogP contribution < -0.4 is 5.30 Å². The van der Waals surface area contributed by atoms with Crippen molar-refractivity contribution in [1.82, 2.24) is 4.67 Å². The summed E-state index contributed by atoms with van der Waals surface area (Å²) < 4.78 is 15.3. The number of hydrogen-bond donors (Lipinski definition) is 0. The molecule has 0 radical (unpaired) electrons. The van der Waals surface area contributed by atoms with E-state index in [2.05, 4.69) is 32.4 Å². The van der Waals surface area contributed by atoms with Gasteiger partial charge in [0, 0.05) is 25.1 Å². The molecule has 2 nitrogen and oxygen atoms in total. The van der Waals surface area contributed by atoms with E-state index >= 15 is 0 Å². The minimum atomic E-state index is -2.43. The summed E-state index contributed by atoms with van der Waals surface area (Å²) in [6.07, 6.45) is 0. The van der Waals surface area contributed by atoms with Crippen LogP contribution >= 0.6 is 7.29 Å². The normalized spacial score (nSPS) is 15.3.